The minimum absolute atomic E-state index is 0.0260. The molecule has 0 aliphatic rings. The first-order chi connectivity index (χ1) is 13.7. The minimum Gasteiger partial charge on any atom is -0.481 e. The highest BCUT2D eigenvalue weighted by atomic mass is 16.5. The Morgan fingerprint density at radius 3 is 2.03 bits per heavy atom. The molecule has 3 atom stereocenters. The third kappa shape index (κ3) is 13.1. The minimum atomic E-state index is -0.767. The molecule has 5 nitrogen and oxygen atoms in total. The van der Waals surface area contributed by atoms with Crippen molar-refractivity contribution in [1.82, 2.24) is 4.90 Å². The molecular weight excluding hydrogens is 366 g/mol. The second kappa shape index (κ2) is 15.8. The molecule has 0 aliphatic heterocycles. The van der Waals surface area contributed by atoms with Gasteiger partial charge in [-0.1, -0.05) is 65.7 Å². The molecule has 3 unspecified atom stereocenters. The number of aliphatic carboxylic acids is 1. The van der Waals surface area contributed by atoms with Gasteiger partial charge in [0.25, 0.3) is 0 Å². The molecule has 0 aromatic rings. The van der Waals surface area contributed by atoms with Gasteiger partial charge in [0.2, 0.25) is 0 Å². The lowest BCUT2D eigenvalue weighted by atomic mass is 9.88. The highest BCUT2D eigenvalue weighted by molar-refractivity contribution is 5.67. The number of hydrogen-bond donors (Lipinski definition) is 1. The number of carboxylic acids is 1. The maximum atomic E-state index is 12.0. The van der Waals surface area contributed by atoms with Crippen molar-refractivity contribution in [3.05, 3.63) is 0 Å². The van der Waals surface area contributed by atoms with Crippen LogP contribution in [0.3, 0.4) is 0 Å². The molecule has 1 N–H and O–H groups in total. The molecule has 172 valence electrons. The number of carboxylic acid groups (broad SMARTS) is 1. The monoisotopic (exact) mass is 413 g/mol. The Bertz CT molecular complexity index is 433. The predicted octanol–water partition coefficient (Wildman–Crippen LogP) is 6.05. The zero-order chi connectivity index (χ0) is 22.3. The van der Waals surface area contributed by atoms with Crippen LogP contribution in [0, 0.1) is 5.92 Å². The van der Waals surface area contributed by atoms with Crippen LogP contribution in [-0.4, -0.2) is 46.7 Å². The SMILES string of the molecule is CCCCCCCCCN(C(C=O)OC(C)(C)C)C(CC)C(CCC)CC(=O)O. The second-order valence-electron chi connectivity index (χ2n) is 9.24. The van der Waals surface area contributed by atoms with Gasteiger partial charge in [-0.25, -0.2) is 0 Å². The molecule has 0 rings (SSSR count). The highest BCUT2D eigenvalue weighted by Gasteiger charge is 2.34. The van der Waals surface area contributed by atoms with Crippen LogP contribution in [-0.2, 0) is 14.3 Å². The summed E-state index contributed by atoms with van der Waals surface area (Å²) >= 11 is 0. The van der Waals surface area contributed by atoms with Crippen molar-refractivity contribution in [3.8, 4) is 0 Å². The van der Waals surface area contributed by atoms with Crippen LogP contribution in [0.1, 0.15) is 112 Å². The molecule has 0 fully saturated rings. The summed E-state index contributed by atoms with van der Waals surface area (Å²) in [5, 5.41) is 9.42. The van der Waals surface area contributed by atoms with E-state index in [-0.39, 0.29) is 18.4 Å². The van der Waals surface area contributed by atoms with Crippen LogP contribution in [0.25, 0.3) is 0 Å². The van der Waals surface area contributed by atoms with E-state index in [1.165, 1.54) is 32.1 Å². The van der Waals surface area contributed by atoms with Crippen LogP contribution >= 0.6 is 0 Å². The number of unbranched alkanes of at least 4 members (excludes halogenated alkanes) is 6. The number of carbonyl (C=O) groups excluding carboxylic acids is 1. The standard InChI is InChI=1S/C24H47NO4/c1-7-10-11-12-13-14-15-17-25(22(19-26)29-24(4,5)6)21(9-3)20(16-8-2)18-23(27)28/h19-22H,7-18H2,1-6H3,(H,27,28). The van der Waals surface area contributed by atoms with E-state index in [0.29, 0.717) is 0 Å². The molecule has 0 spiro atoms. The normalized spacial score (nSPS) is 15.3. The van der Waals surface area contributed by atoms with Crippen LogP contribution in [0.15, 0.2) is 0 Å². The summed E-state index contributed by atoms with van der Waals surface area (Å²) in [5.74, 6) is -0.741. The Balaban J connectivity index is 5.27. The van der Waals surface area contributed by atoms with Gasteiger partial charge in [0.15, 0.2) is 12.5 Å². The predicted molar refractivity (Wildman–Crippen MR) is 120 cm³/mol. The number of carbonyl (C=O) groups is 2. The van der Waals surface area contributed by atoms with E-state index >= 15 is 0 Å². The van der Waals surface area contributed by atoms with Crippen molar-refractivity contribution in [2.45, 2.75) is 130 Å². The van der Waals surface area contributed by atoms with Gasteiger partial charge in [0.05, 0.1) is 5.60 Å². The summed E-state index contributed by atoms with van der Waals surface area (Å²) in [4.78, 5) is 25.6. The molecule has 0 bridgehead atoms. The summed E-state index contributed by atoms with van der Waals surface area (Å²) in [6.45, 7) is 13.0. The van der Waals surface area contributed by atoms with Crippen molar-refractivity contribution in [2.24, 2.45) is 5.92 Å². The third-order valence-electron chi connectivity index (χ3n) is 5.42. The lowest BCUT2D eigenvalue weighted by Gasteiger charge is -2.41. The van der Waals surface area contributed by atoms with Gasteiger partial charge < -0.3 is 9.84 Å². The molecule has 0 aliphatic carbocycles. The highest BCUT2D eigenvalue weighted by Crippen LogP contribution is 2.27. The Morgan fingerprint density at radius 1 is 1.00 bits per heavy atom. The number of hydrogen-bond acceptors (Lipinski definition) is 4. The van der Waals surface area contributed by atoms with Gasteiger partial charge in [-0.05, 0) is 46.0 Å². The van der Waals surface area contributed by atoms with Crippen molar-refractivity contribution in [1.29, 1.82) is 0 Å². The van der Waals surface area contributed by atoms with E-state index in [1.54, 1.807) is 0 Å². The molecule has 29 heavy (non-hydrogen) atoms. The number of nitrogens with zero attached hydrogens (tertiary/aromatic N) is 1. The Morgan fingerprint density at radius 2 is 1.59 bits per heavy atom. The van der Waals surface area contributed by atoms with Gasteiger partial charge in [0.1, 0.15) is 0 Å². The van der Waals surface area contributed by atoms with E-state index in [9.17, 15) is 14.7 Å². The lowest BCUT2D eigenvalue weighted by molar-refractivity contribution is -0.163. The molecule has 0 saturated heterocycles. The van der Waals surface area contributed by atoms with E-state index in [1.807, 2.05) is 20.8 Å². The topological polar surface area (TPSA) is 66.8 Å². The lowest BCUT2D eigenvalue weighted by Crippen LogP contribution is -2.51. The smallest absolute Gasteiger partial charge is 0.303 e. The molecule has 0 saturated carbocycles. The fourth-order valence-electron chi connectivity index (χ4n) is 4.13. The second-order valence-corrected chi connectivity index (χ2v) is 9.24. The Labute approximate surface area is 179 Å². The quantitative estimate of drug-likeness (QED) is 0.168. The Kier molecular flexibility index (Phi) is 15.3. The van der Waals surface area contributed by atoms with Crippen molar-refractivity contribution >= 4 is 12.3 Å². The molecule has 0 radical (unpaired) electrons. The maximum absolute atomic E-state index is 12.0. The number of aldehydes is 1. The van der Waals surface area contributed by atoms with Crippen LogP contribution < -0.4 is 0 Å². The first-order valence-corrected chi connectivity index (χ1v) is 11.8. The van der Waals surface area contributed by atoms with Gasteiger partial charge in [0, 0.05) is 19.0 Å². The summed E-state index contributed by atoms with van der Waals surface area (Å²) in [5.41, 5.74) is -0.435. The fraction of sp³-hybridized carbons (Fsp3) is 0.917. The molecule has 0 aromatic carbocycles. The van der Waals surface area contributed by atoms with Crippen LogP contribution in [0.4, 0.5) is 0 Å². The number of ether oxygens (including phenoxy) is 1. The van der Waals surface area contributed by atoms with Crippen molar-refractivity contribution < 1.29 is 19.4 Å². The first-order valence-electron chi connectivity index (χ1n) is 11.8. The summed E-state index contributed by atoms with van der Waals surface area (Å²) < 4.78 is 6.09. The zero-order valence-corrected chi connectivity index (χ0v) is 19.9. The number of rotatable bonds is 18. The van der Waals surface area contributed by atoms with E-state index in [2.05, 4.69) is 25.7 Å². The third-order valence-corrected chi connectivity index (χ3v) is 5.42. The van der Waals surface area contributed by atoms with Crippen molar-refractivity contribution in [3.63, 3.8) is 0 Å². The summed E-state index contributed by atoms with van der Waals surface area (Å²) in [7, 11) is 0. The van der Waals surface area contributed by atoms with Gasteiger partial charge in [-0.3, -0.25) is 14.5 Å². The van der Waals surface area contributed by atoms with Crippen LogP contribution in [0.2, 0.25) is 0 Å². The van der Waals surface area contributed by atoms with E-state index < -0.39 is 17.8 Å². The van der Waals surface area contributed by atoms with Gasteiger partial charge >= 0.3 is 5.97 Å². The maximum Gasteiger partial charge on any atom is 0.303 e. The molecule has 0 aromatic heterocycles. The average Bonchev–Trinajstić information content (AvgIpc) is 2.63. The molecular formula is C24H47NO4. The average molecular weight is 414 g/mol. The van der Waals surface area contributed by atoms with E-state index in [0.717, 1.165) is 44.9 Å². The summed E-state index contributed by atoms with van der Waals surface area (Å²) in [6.07, 6.45) is 11.4. The van der Waals surface area contributed by atoms with E-state index in [4.69, 9.17) is 4.74 Å². The molecule has 0 heterocycles. The first kappa shape index (κ1) is 28.1. The van der Waals surface area contributed by atoms with Gasteiger partial charge in [-0.15, -0.1) is 0 Å². The molecule has 0 amide bonds. The zero-order valence-electron chi connectivity index (χ0n) is 19.9. The van der Waals surface area contributed by atoms with Crippen LogP contribution in [0.5, 0.6) is 0 Å². The Hall–Kier alpha value is -0.940. The fourth-order valence-corrected chi connectivity index (χ4v) is 4.13. The van der Waals surface area contributed by atoms with Crippen molar-refractivity contribution in [2.75, 3.05) is 6.54 Å². The largest absolute Gasteiger partial charge is 0.481 e. The summed E-state index contributed by atoms with van der Waals surface area (Å²) in [6, 6.07) is 0.0312. The van der Waals surface area contributed by atoms with Gasteiger partial charge in [-0.2, -0.15) is 0 Å². The molecule has 5 heteroatoms.